The molecule has 1 aliphatic rings. The molecule has 0 aliphatic carbocycles. The topological polar surface area (TPSA) is 66.6 Å². The Labute approximate surface area is 119 Å². The van der Waals surface area contributed by atoms with Gasteiger partial charge in [-0.2, -0.15) is 0 Å². The molecule has 0 spiro atoms. The van der Waals surface area contributed by atoms with Gasteiger partial charge >= 0.3 is 0 Å². The highest BCUT2D eigenvalue weighted by atomic mass is 16.2. The zero-order chi connectivity index (χ0) is 14.9. The average molecular weight is 275 g/mol. The fourth-order valence-corrected chi connectivity index (χ4v) is 2.54. The lowest BCUT2D eigenvalue weighted by molar-refractivity contribution is -0.132. The molecule has 0 aromatic heterocycles. The van der Waals surface area contributed by atoms with E-state index in [9.17, 15) is 9.59 Å². The molecule has 0 radical (unpaired) electrons. The largest absolute Gasteiger partial charge is 0.399 e. The number of hydrogen-bond acceptors (Lipinski definition) is 3. The maximum Gasteiger partial charge on any atom is 0.254 e. The van der Waals surface area contributed by atoms with Crippen LogP contribution < -0.4 is 5.73 Å². The Kier molecular flexibility index (Phi) is 3.97. The first-order valence-electron chi connectivity index (χ1n) is 6.80. The van der Waals surface area contributed by atoms with E-state index in [0.717, 1.165) is 18.4 Å². The van der Waals surface area contributed by atoms with Gasteiger partial charge in [-0.3, -0.25) is 9.59 Å². The number of nitrogens with zero attached hydrogens (tertiary/aromatic N) is 2. The Morgan fingerprint density at radius 3 is 2.65 bits per heavy atom. The van der Waals surface area contributed by atoms with Crippen molar-refractivity contribution in [2.45, 2.75) is 25.8 Å². The van der Waals surface area contributed by atoms with Crippen LogP contribution in [0.25, 0.3) is 0 Å². The number of nitrogens with two attached hydrogens (primary N) is 1. The van der Waals surface area contributed by atoms with E-state index in [0.29, 0.717) is 17.8 Å². The molecule has 1 saturated heterocycles. The maximum absolute atomic E-state index is 12.6. The predicted molar refractivity (Wildman–Crippen MR) is 78.3 cm³/mol. The van der Waals surface area contributed by atoms with E-state index >= 15 is 0 Å². The minimum Gasteiger partial charge on any atom is -0.399 e. The molecule has 108 valence electrons. The zero-order valence-corrected chi connectivity index (χ0v) is 12.2. The van der Waals surface area contributed by atoms with E-state index in [-0.39, 0.29) is 17.9 Å². The van der Waals surface area contributed by atoms with Gasteiger partial charge in [0, 0.05) is 31.9 Å². The number of carbonyl (C=O) groups excluding carboxylic acids is 2. The molecular weight excluding hydrogens is 254 g/mol. The molecule has 1 aromatic rings. The van der Waals surface area contributed by atoms with Crippen molar-refractivity contribution in [3.05, 3.63) is 29.3 Å². The van der Waals surface area contributed by atoms with Gasteiger partial charge in [-0.1, -0.05) is 0 Å². The van der Waals surface area contributed by atoms with Crippen LogP contribution in [0.5, 0.6) is 0 Å². The van der Waals surface area contributed by atoms with Gasteiger partial charge in [-0.05, 0) is 43.5 Å². The molecule has 1 aromatic carbocycles. The third-order valence-electron chi connectivity index (χ3n) is 3.76. The monoisotopic (exact) mass is 275 g/mol. The van der Waals surface area contributed by atoms with Gasteiger partial charge in [0.2, 0.25) is 5.91 Å². The molecule has 5 nitrogen and oxygen atoms in total. The van der Waals surface area contributed by atoms with Crippen LogP contribution in [0.4, 0.5) is 5.69 Å². The van der Waals surface area contributed by atoms with Crippen LogP contribution >= 0.6 is 0 Å². The van der Waals surface area contributed by atoms with Crippen molar-refractivity contribution in [3.63, 3.8) is 0 Å². The minimum atomic E-state index is -0.338. The highest BCUT2D eigenvalue weighted by Gasteiger charge is 2.35. The number of aryl methyl sites for hydroxylation is 1. The third kappa shape index (κ3) is 2.61. The number of hydrogen-bond donors (Lipinski definition) is 1. The minimum absolute atomic E-state index is 0.0111. The molecule has 2 amide bonds. The number of nitrogen functional groups attached to an aromatic ring is 1. The molecule has 1 unspecified atom stereocenters. The van der Waals surface area contributed by atoms with Crippen molar-refractivity contribution in [1.82, 2.24) is 9.80 Å². The summed E-state index contributed by atoms with van der Waals surface area (Å²) in [6.07, 6.45) is 1.60. The Hall–Kier alpha value is -2.04. The molecule has 2 N–H and O–H groups in total. The van der Waals surface area contributed by atoms with Gasteiger partial charge in [-0.15, -0.1) is 0 Å². The number of likely N-dealkylation sites (N-methyl/N-ethyl adjacent to an activating group) is 1. The van der Waals surface area contributed by atoms with E-state index in [1.165, 1.54) is 0 Å². The summed E-state index contributed by atoms with van der Waals surface area (Å²) >= 11 is 0. The normalized spacial score (nSPS) is 18.1. The van der Waals surface area contributed by atoms with Gasteiger partial charge in [0.1, 0.15) is 6.04 Å². The summed E-state index contributed by atoms with van der Waals surface area (Å²) in [5.41, 5.74) is 7.92. The summed E-state index contributed by atoms with van der Waals surface area (Å²) in [6, 6.07) is 4.91. The summed E-state index contributed by atoms with van der Waals surface area (Å²) < 4.78 is 0. The highest BCUT2D eigenvalue weighted by Crippen LogP contribution is 2.22. The lowest BCUT2D eigenvalue weighted by atomic mass is 10.1. The van der Waals surface area contributed by atoms with Gasteiger partial charge in [0.05, 0.1) is 0 Å². The standard InChI is InChI=1S/C15H21N3O2/c1-10-9-11(6-7-12(10)16)14(19)18-8-4-5-13(18)15(20)17(2)3/h6-7,9,13H,4-5,8,16H2,1-3H3. The number of likely N-dealkylation sites (tertiary alicyclic amines) is 1. The molecule has 5 heteroatoms. The quantitative estimate of drug-likeness (QED) is 0.827. The lowest BCUT2D eigenvalue weighted by Crippen LogP contribution is -2.45. The Morgan fingerprint density at radius 1 is 1.35 bits per heavy atom. The average Bonchev–Trinajstić information content (AvgIpc) is 2.89. The van der Waals surface area contributed by atoms with Crippen LogP contribution in [0.15, 0.2) is 18.2 Å². The van der Waals surface area contributed by atoms with Crippen molar-refractivity contribution < 1.29 is 9.59 Å². The maximum atomic E-state index is 12.6. The van der Waals surface area contributed by atoms with E-state index in [1.54, 1.807) is 42.1 Å². The van der Waals surface area contributed by atoms with Crippen LogP contribution in [-0.4, -0.2) is 48.3 Å². The van der Waals surface area contributed by atoms with E-state index in [4.69, 9.17) is 5.73 Å². The number of benzene rings is 1. The second kappa shape index (κ2) is 5.53. The predicted octanol–water partition coefficient (Wildman–Crippen LogP) is 1.27. The van der Waals surface area contributed by atoms with Crippen molar-refractivity contribution in [3.8, 4) is 0 Å². The van der Waals surface area contributed by atoms with Crippen molar-refractivity contribution in [2.24, 2.45) is 0 Å². The molecule has 1 atom stereocenters. The molecule has 0 saturated carbocycles. The second-order valence-electron chi connectivity index (χ2n) is 5.46. The fourth-order valence-electron chi connectivity index (χ4n) is 2.54. The Morgan fingerprint density at radius 2 is 2.05 bits per heavy atom. The van der Waals surface area contributed by atoms with Gasteiger partial charge in [-0.25, -0.2) is 0 Å². The summed E-state index contributed by atoms with van der Waals surface area (Å²) in [4.78, 5) is 27.9. The van der Waals surface area contributed by atoms with Gasteiger partial charge in [0.15, 0.2) is 0 Å². The van der Waals surface area contributed by atoms with Crippen LogP contribution in [0.3, 0.4) is 0 Å². The number of rotatable bonds is 2. The van der Waals surface area contributed by atoms with Crippen LogP contribution in [0.1, 0.15) is 28.8 Å². The lowest BCUT2D eigenvalue weighted by Gasteiger charge is -2.26. The molecule has 2 rings (SSSR count). The van der Waals surface area contributed by atoms with E-state index in [2.05, 4.69) is 0 Å². The van der Waals surface area contributed by atoms with Crippen LogP contribution in [0.2, 0.25) is 0 Å². The van der Waals surface area contributed by atoms with Crippen molar-refractivity contribution in [2.75, 3.05) is 26.4 Å². The molecule has 20 heavy (non-hydrogen) atoms. The number of carbonyl (C=O) groups is 2. The summed E-state index contributed by atoms with van der Waals surface area (Å²) in [7, 11) is 3.44. The van der Waals surface area contributed by atoms with Gasteiger partial charge < -0.3 is 15.5 Å². The van der Waals surface area contributed by atoms with Crippen molar-refractivity contribution >= 4 is 17.5 Å². The van der Waals surface area contributed by atoms with Gasteiger partial charge in [0.25, 0.3) is 5.91 Å². The second-order valence-corrected chi connectivity index (χ2v) is 5.46. The first-order chi connectivity index (χ1) is 9.41. The summed E-state index contributed by atoms with van der Waals surface area (Å²) in [5.74, 6) is -0.103. The summed E-state index contributed by atoms with van der Waals surface area (Å²) in [5, 5.41) is 0. The number of anilines is 1. The summed E-state index contributed by atoms with van der Waals surface area (Å²) in [6.45, 7) is 2.51. The first kappa shape index (κ1) is 14.4. The Balaban J connectivity index is 2.23. The SMILES string of the molecule is Cc1cc(C(=O)N2CCCC2C(=O)N(C)C)ccc1N. The Bertz CT molecular complexity index is 540. The van der Waals surface area contributed by atoms with Crippen LogP contribution in [0, 0.1) is 6.92 Å². The third-order valence-corrected chi connectivity index (χ3v) is 3.76. The molecule has 1 fully saturated rings. The van der Waals surface area contributed by atoms with Crippen molar-refractivity contribution in [1.29, 1.82) is 0 Å². The highest BCUT2D eigenvalue weighted by molar-refractivity contribution is 5.98. The molecular formula is C15H21N3O2. The molecule has 1 aliphatic heterocycles. The fraction of sp³-hybridized carbons (Fsp3) is 0.467. The zero-order valence-electron chi connectivity index (χ0n) is 12.2. The van der Waals surface area contributed by atoms with E-state index < -0.39 is 0 Å². The smallest absolute Gasteiger partial charge is 0.254 e. The first-order valence-corrected chi connectivity index (χ1v) is 6.80. The van der Waals surface area contributed by atoms with E-state index in [1.807, 2.05) is 6.92 Å². The number of amides is 2. The molecule has 0 bridgehead atoms. The van der Waals surface area contributed by atoms with Crippen LogP contribution in [-0.2, 0) is 4.79 Å². The molecule has 1 heterocycles.